The van der Waals surface area contributed by atoms with Crippen molar-refractivity contribution in [2.75, 3.05) is 50.9 Å². The van der Waals surface area contributed by atoms with Crippen molar-refractivity contribution in [2.45, 2.75) is 32.4 Å². The van der Waals surface area contributed by atoms with Gasteiger partial charge in [-0.2, -0.15) is 30.3 Å². The molecule has 0 saturated heterocycles. The Bertz CT molecular complexity index is 1540. The molecular weight excluding hydrogens is 686 g/mol. The maximum Gasteiger partial charge on any atom is 0.321 e. The number of aromatic nitrogens is 1. The van der Waals surface area contributed by atoms with Gasteiger partial charge in [0.25, 0.3) is 17.7 Å². The number of nitrogens with zero attached hydrogens (tertiary/aromatic N) is 2. The van der Waals surface area contributed by atoms with E-state index in [9.17, 15) is 24.3 Å². The molecule has 0 saturated carbocycles. The van der Waals surface area contributed by atoms with Crippen molar-refractivity contribution in [3.63, 3.8) is 0 Å². The standard InChI is InChI=1S/C31H40ClN5O7S3/c1-19-3-8-27-24(15-19)23(20(2)36(27)29(39)21-4-6-22(32)7-5-21)16-28(38)37(43-13-11-33-12-14-44-47)30(40)25(17-45)34-9-10-35-26(18-46)31(41)42/h3-8,15,25-26,33-35,45-47H,9-14,16-18H2,1-2H3,(H,41,42)/t25-,26-/m0/s1. The zero-order valence-corrected chi connectivity index (χ0v) is 29.5. The quantitative estimate of drug-likeness (QED) is 0.0426. The van der Waals surface area contributed by atoms with E-state index < -0.39 is 29.9 Å². The number of hydrogen-bond donors (Lipinski definition) is 7. The lowest BCUT2D eigenvalue weighted by Crippen LogP contribution is -2.52. The molecule has 0 aliphatic heterocycles. The van der Waals surface area contributed by atoms with Gasteiger partial charge in [-0.1, -0.05) is 23.2 Å². The Morgan fingerprint density at radius 1 is 0.936 bits per heavy atom. The molecular formula is C31H40ClN5O7S3. The van der Waals surface area contributed by atoms with Gasteiger partial charge in [0, 0.05) is 59.4 Å². The lowest BCUT2D eigenvalue weighted by molar-refractivity contribution is -0.195. The Hall–Kier alpha value is -2.60. The van der Waals surface area contributed by atoms with E-state index >= 15 is 0 Å². The van der Waals surface area contributed by atoms with E-state index in [1.54, 1.807) is 35.8 Å². The Morgan fingerprint density at radius 2 is 1.57 bits per heavy atom. The maximum atomic E-state index is 13.9. The van der Waals surface area contributed by atoms with Gasteiger partial charge in [-0.3, -0.25) is 28.6 Å². The van der Waals surface area contributed by atoms with Crippen LogP contribution in [0.2, 0.25) is 5.02 Å². The molecule has 12 nitrogen and oxygen atoms in total. The number of imide groups is 1. The van der Waals surface area contributed by atoms with Crippen LogP contribution in [0.3, 0.4) is 0 Å². The maximum absolute atomic E-state index is 13.9. The molecule has 0 spiro atoms. The number of halogens is 1. The fraction of sp³-hybridized carbons (Fsp3) is 0.419. The minimum atomic E-state index is -1.04. The molecule has 0 unspecified atom stereocenters. The van der Waals surface area contributed by atoms with Gasteiger partial charge in [0.1, 0.15) is 6.04 Å². The van der Waals surface area contributed by atoms with Gasteiger partial charge in [-0.05, 0) is 68.7 Å². The largest absolute Gasteiger partial charge is 0.480 e. The number of thiol groups is 3. The Kier molecular flexibility index (Phi) is 16.0. The zero-order valence-electron chi connectivity index (χ0n) is 26.1. The average molecular weight is 726 g/mol. The fourth-order valence-corrected chi connectivity index (χ4v) is 5.62. The number of aliphatic carboxylic acids is 1. The number of nitrogens with one attached hydrogen (secondary N) is 3. The van der Waals surface area contributed by atoms with E-state index in [4.69, 9.17) is 20.6 Å². The summed E-state index contributed by atoms with van der Waals surface area (Å²) in [4.78, 5) is 58.3. The molecule has 4 N–H and O–H groups in total. The predicted octanol–water partition coefficient (Wildman–Crippen LogP) is 2.74. The molecule has 2 atom stereocenters. The van der Waals surface area contributed by atoms with Gasteiger partial charge in [0.15, 0.2) is 0 Å². The first-order valence-electron chi connectivity index (χ1n) is 14.8. The molecule has 256 valence electrons. The van der Waals surface area contributed by atoms with Crippen molar-refractivity contribution in [1.82, 2.24) is 25.6 Å². The third-order valence-electron chi connectivity index (χ3n) is 7.28. The van der Waals surface area contributed by atoms with Crippen molar-refractivity contribution in [3.8, 4) is 0 Å². The highest BCUT2D eigenvalue weighted by atomic mass is 35.5. The molecule has 1 aromatic heterocycles. The summed E-state index contributed by atoms with van der Waals surface area (Å²) in [6, 6.07) is 10.4. The fourth-order valence-electron chi connectivity index (χ4n) is 4.83. The van der Waals surface area contributed by atoms with Crippen LogP contribution in [0.1, 0.15) is 27.2 Å². The highest BCUT2D eigenvalue weighted by Crippen LogP contribution is 2.29. The summed E-state index contributed by atoms with van der Waals surface area (Å²) in [5, 5.41) is 20.1. The predicted molar refractivity (Wildman–Crippen MR) is 191 cm³/mol. The van der Waals surface area contributed by atoms with Gasteiger partial charge in [-0.15, -0.1) is 0 Å². The Morgan fingerprint density at radius 3 is 2.19 bits per heavy atom. The van der Waals surface area contributed by atoms with Gasteiger partial charge >= 0.3 is 5.97 Å². The normalized spacial score (nSPS) is 12.6. The Labute approximate surface area is 295 Å². The number of aryl methyl sites for hydroxylation is 1. The number of hydrogen-bond acceptors (Lipinski definition) is 12. The second-order valence-electron chi connectivity index (χ2n) is 10.6. The van der Waals surface area contributed by atoms with E-state index in [0.717, 1.165) is 10.6 Å². The second-order valence-corrected chi connectivity index (χ2v) is 12.0. The number of carboxylic acid groups (broad SMARTS) is 1. The third kappa shape index (κ3) is 10.7. The van der Waals surface area contributed by atoms with Crippen LogP contribution < -0.4 is 16.0 Å². The molecule has 2 aromatic carbocycles. The highest BCUT2D eigenvalue weighted by molar-refractivity contribution is 7.80. The number of hydroxylamine groups is 2. The van der Waals surface area contributed by atoms with Crippen LogP contribution >= 0.6 is 49.8 Å². The summed E-state index contributed by atoms with van der Waals surface area (Å²) >= 11 is 18.1. The number of fused-ring (bicyclic) bond motifs is 1. The molecule has 0 bridgehead atoms. The smallest absolute Gasteiger partial charge is 0.321 e. The number of rotatable bonds is 19. The van der Waals surface area contributed by atoms with Crippen LogP contribution in [0.5, 0.6) is 0 Å². The summed E-state index contributed by atoms with van der Waals surface area (Å²) in [5.41, 5.74) is 3.09. The number of carboxylic acids is 1. The summed E-state index contributed by atoms with van der Waals surface area (Å²) < 4.78 is 6.29. The van der Waals surface area contributed by atoms with Gasteiger partial charge in [0.05, 0.1) is 31.2 Å². The molecule has 0 radical (unpaired) electrons. The number of benzene rings is 2. The summed E-state index contributed by atoms with van der Waals surface area (Å²) in [5.74, 6) is -2.50. The van der Waals surface area contributed by atoms with Crippen LogP contribution in [-0.4, -0.2) is 101 Å². The SMILES string of the molecule is Cc1ccc2c(c1)c(CC(=O)N(OCCNCCOS)C(=O)[C@H](CS)NCCN[C@@H](CS)C(=O)O)c(C)n2C(=O)c1ccc(Cl)cc1. The molecule has 47 heavy (non-hydrogen) atoms. The van der Waals surface area contributed by atoms with E-state index in [1.807, 2.05) is 25.1 Å². The monoisotopic (exact) mass is 725 g/mol. The zero-order chi connectivity index (χ0) is 34.5. The minimum absolute atomic E-state index is 0.0119. The van der Waals surface area contributed by atoms with E-state index in [1.165, 1.54) is 0 Å². The number of carbonyl (C=O) groups is 4. The lowest BCUT2D eigenvalue weighted by Gasteiger charge is -2.25. The van der Waals surface area contributed by atoms with Crippen molar-refractivity contribution >= 4 is 84.4 Å². The van der Waals surface area contributed by atoms with Crippen molar-refractivity contribution in [1.29, 1.82) is 0 Å². The van der Waals surface area contributed by atoms with Crippen molar-refractivity contribution < 1.29 is 33.3 Å². The van der Waals surface area contributed by atoms with Crippen molar-refractivity contribution in [2.24, 2.45) is 0 Å². The molecule has 3 rings (SSSR count). The van der Waals surface area contributed by atoms with Crippen LogP contribution in [0.25, 0.3) is 10.9 Å². The lowest BCUT2D eigenvalue weighted by atomic mass is 10.1. The number of carbonyl (C=O) groups excluding carboxylic acids is 3. The second kappa shape index (κ2) is 19.4. The van der Waals surface area contributed by atoms with Crippen LogP contribution in [0.15, 0.2) is 42.5 Å². The Balaban J connectivity index is 1.88. The van der Waals surface area contributed by atoms with Crippen molar-refractivity contribution in [3.05, 3.63) is 69.9 Å². The summed E-state index contributed by atoms with van der Waals surface area (Å²) in [6.07, 6.45) is -0.234. The topological polar surface area (TPSA) is 151 Å². The summed E-state index contributed by atoms with van der Waals surface area (Å²) in [7, 11) is 0. The van der Waals surface area contributed by atoms with Gasteiger partial charge in [0.2, 0.25) is 0 Å². The molecule has 2 amide bonds. The first-order chi connectivity index (χ1) is 22.5. The van der Waals surface area contributed by atoms with Gasteiger partial charge < -0.3 is 25.2 Å². The molecule has 16 heteroatoms. The van der Waals surface area contributed by atoms with Crippen LogP contribution in [0.4, 0.5) is 0 Å². The first-order valence-corrected chi connectivity index (χ1v) is 16.8. The molecule has 1 heterocycles. The summed E-state index contributed by atoms with van der Waals surface area (Å²) in [6.45, 7) is 5.22. The van der Waals surface area contributed by atoms with Gasteiger partial charge in [-0.25, -0.2) is 0 Å². The average Bonchev–Trinajstić information content (AvgIpc) is 3.31. The van der Waals surface area contributed by atoms with Crippen LogP contribution in [-0.2, 0) is 29.8 Å². The molecule has 3 aromatic rings. The first kappa shape index (κ1) is 38.8. The van der Waals surface area contributed by atoms with E-state index in [2.05, 4.69) is 54.1 Å². The van der Waals surface area contributed by atoms with E-state index in [-0.39, 0.29) is 43.5 Å². The molecule has 0 fully saturated rings. The third-order valence-corrected chi connectivity index (χ3v) is 8.44. The van der Waals surface area contributed by atoms with Crippen LogP contribution in [0, 0.1) is 13.8 Å². The molecule has 0 aliphatic rings. The van der Waals surface area contributed by atoms with E-state index in [0.29, 0.717) is 52.4 Å². The molecule has 0 aliphatic carbocycles. The number of amides is 2. The highest BCUT2D eigenvalue weighted by Gasteiger charge is 2.31. The minimum Gasteiger partial charge on any atom is -0.480 e.